The Balaban J connectivity index is 2.74. The van der Waals surface area contributed by atoms with Gasteiger partial charge in [0.05, 0.1) is 11.6 Å². The highest BCUT2D eigenvalue weighted by atomic mass is 35.5. The second kappa shape index (κ2) is 7.58. The summed E-state index contributed by atoms with van der Waals surface area (Å²) in [5.41, 5.74) is 0. The van der Waals surface area contributed by atoms with Gasteiger partial charge in [-0.2, -0.15) is 4.98 Å². The van der Waals surface area contributed by atoms with E-state index < -0.39 is 0 Å². The van der Waals surface area contributed by atoms with Crippen LogP contribution in [0.4, 0.5) is 5.82 Å². The fourth-order valence-electron chi connectivity index (χ4n) is 1.15. The molecule has 6 heteroatoms. The molecule has 0 amide bonds. The molecule has 1 aromatic heterocycles. The molecule has 4 nitrogen and oxygen atoms in total. The van der Waals surface area contributed by atoms with Gasteiger partial charge in [0.2, 0.25) is 5.88 Å². The van der Waals surface area contributed by atoms with Crippen molar-refractivity contribution >= 4 is 29.0 Å². The van der Waals surface area contributed by atoms with E-state index in [-0.39, 0.29) is 6.61 Å². The van der Waals surface area contributed by atoms with Crippen LogP contribution in [0.3, 0.4) is 0 Å². The standard InChI is InChI=1S/C11H16Cl2N2O2/c1-2-4-14-10-8(12)7-9(13)11(15-10)17-6-3-5-16/h7,16H,2-6H2,1H3,(H,14,15). The van der Waals surface area contributed by atoms with Crippen LogP contribution in [0.2, 0.25) is 10.0 Å². The van der Waals surface area contributed by atoms with Crippen molar-refractivity contribution in [1.82, 2.24) is 4.98 Å². The Morgan fingerprint density at radius 1 is 1.41 bits per heavy atom. The third-order valence-electron chi connectivity index (χ3n) is 1.98. The average Bonchev–Trinajstić information content (AvgIpc) is 2.31. The van der Waals surface area contributed by atoms with Crippen molar-refractivity contribution in [3.8, 4) is 5.88 Å². The molecule has 2 N–H and O–H groups in total. The first-order valence-corrected chi connectivity index (χ1v) is 6.28. The van der Waals surface area contributed by atoms with Crippen LogP contribution in [-0.2, 0) is 0 Å². The number of aliphatic hydroxyl groups is 1. The highest BCUT2D eigenvalue weighted by molar-refractivity contribution is 6.36. The van der Waals surface area contributed by atoms with Gasteiger partial charge in [-0.1, -0.05) is 30.1 Å². The van der Waals surface area contributed by atoms with Gasteiger partial charge >= 0.3 is 0 Å². The molecule has 0 spiro atoms. The van der Waals surface area contributed by atoms with Gasteiger partial charge in [-0.15, -0.1) is 0 Å². The van der Waals surface area contributed by atoms with Crippen molar-refractivity contribution < 1.29 is 9.84 Å². The zero-order valence-corrected chi connectivity index (χ0v) is 11.2. The van der Waals surface area contributed by atoms with Gasteiger partial charge in [-0.25, -0.2) is 0 Å². The van der Waals surface area contributed by atoms with Crippen LogP contribution in [0.25, 0.3) is 0 Å². The summed E-state index contributed by atoms with van der Waals surface area (Å²) in [4.78, 5) is 4.20. The topological polar surface area (TPSA) is 54.4 Å². The maximum absolute atomic E-state index is 8.66. The van der Waals surface area contributed by atoms with E-state index in [0.717, 1.165) is 13.0 Å². The van der Waals surface area contributed by atoms with Gasteiger partial charge in [0, 0.05) is 19.6 Å². The Morgan fingerprint density at radius 2 is 2.18 bits per heavy atom. The summed E-state index contributed by atoms with van der Waals surface area (Å²) >= 11 is 11.9. The molecular formula is C11H16Cl2N2O2. The van der Waals surface area contributed by atoms with Crippen molar-refractivity contribution in [2.75, 3.05) is 25.1 Å². The van der Waals surface area contributed by atoms with Gasteiger partial charge in [-0.05, 0) is 12.5 Å². The number of nitrogens with one attached hydrogen (secondary N) is 1. The molecule has 0 saturated heterocycles. The molecule has 1 aromatic rings. The summed E-state index contributed by atoms with van der Waals surface area (Å²) in [5.74, 6) is 0.903. The molecule has 0 atom stereocenters. The number of aliphatic hydroxyl groups excluding tert-OH is 1. The van der Waals surface area contributed by atoms with E-state index in [1.54, 1.807) is 6.07 Å². The molecule has 0 aliphatic carbocycles. The minimum absolute atomic E-state index is 0.0755. The Labute approximate surface area is 111 Å². The van der Waals surface area contributed by atoms with Crippen molar-refractivity contribution in [1.29, 1.82) is 0 Å². The molecule has 0 aliphatic rings. The molecule has 0 aliphatic heterocycles. The van der Waals surface area contributed by atoms with Crippen LogP contribution in [-0.4, -0.2) is 29.8 Å². The highest BCUT2D eigenvalue weighted by Gasteiger charge is 2.09. The maximum atomic E-state index is 8.66. The van der Waals surface area contributed by atoms with Gasteiger partial charge in [-0.3, -0.25) is 0 Å². The average molecular weight is 279 g/mol. The summed E-state index contributed by atoms with van der Waals surface area (Å²) in [6.45, 7) is 3.28. The van der Waals surface area contributed by atoms with Crippen molar-refractivity contribution in [3.05, 3.63) is 16.1 Å². The number of hydrogen-bond donors (Lipinski definition) is 2. The normalized spacial score (nSPS) is 10.4. The summed E-state index contributed by atoms with van der Waals surface area (Å²) in [6, 6.07) is 1.60. The van der Waals surface area contributed by atoms with Gasteiger partial charge < -0.3 is 15.2 Å². The largest absolute Gasteiger partial charge is 0.476 e. The van der Waals surface area contributed by atoms with E-state index in [2.05, 4.69) is 17.2 Å². The maximum Gasteiger partial charge on any atom is 0.234 e. The van der Waals surface area contributed by atoms with E-state index in [0.29, 0.717) is 34.8 Å². The van der Waals surface area contributed by atoms with E-state index in [4.69, 9.17) is 33.0 Å². The number of nitrogens with zero attached hydrogens (tertiary/aromatic N) is 1. The van der Waals surface area contributed by atoms with Crippen molar-refractivity contribution in [3.63, 3.8) is 0 Å². The third-order valence-corrected chi connectivity index (χ3v) is 2.54. The molecule has 1 rings (SSSR count). The minimum atomic E-state index is 0.0755. The molecule has 0 fully saturated rings. The van der Waals surface area contributed by atoms with Crippen LogP contribution >= 0.6 is 23.2 Å². The molecular weight excluding hydrogens is 263 g/mol. The predicted octanol–water partition coefficient (Wildman–Crippen LogP) is 2.97. The lowest BCUT2D eigenvalue weighted by Gasteiger charge is -2.11. The molecule has 0 aromatic carbocycles. The van der Waals surface area contributed by atoms with E-state index >= 15 is 0 Å². The van der Waals surface area contributed by atoms with Crippen LogP contribution in [0, 0.1) is 0 Å². The van der Waals surface area contributed by atoms with Crippen molar-refractivity contribution in [2.24, 2.45) is 0 Å². The first kappa shape index (κ1) is 14.4. The zero-order chi connectivity index (χ0) is 12.7. The first-order chi connectivity index (χ1) is 8.19. The van der Waals surface area contributed by atoms with Gasteiger partial charge in [0.1, 0.15) is 10.8 Å². The second-order valence-corrected chi connectivity index (χ2v) is 4.27. The molecule has 0 unspecified atom stereocenters. The Morgan fingerprint density at radius 3 is 2.82 bits per heavy atom. The number of halogens is 2. The summed E-state index contributed by atoms with van der Waals surface area (Å²) in [6.07, 6.45) is 1.51. The Kier molecular flexibility index (Phi) is 6.40. The quantitative estimate of drug-likeness (QED) is 0.753. The lowest BCUT2D eigenvalue weighted by atomic mass is 10.4. The van der Waals surface area contributed by atoms with Crippen LogP contribution < -0.4 is 10.1 Å². The van der Waals surface area contributed by atoms with E-state index in [1.807, 2.05) is 0 Å². The van der Waals surface area contributed by atoms with E-state index in [9.17, 15) is 0 Å². The summed E-state index contributed by atoms with van der Waals surface area (Å²) in [7, 11) is 0. The lowest BCUT2D eigenvalue weighted by molar-refractivity contribution is 0.229. The number of ether oxygens (including phenoxy) is 1. The fraction of sp³-hybridized carbons (Fsp3) is 0.545. The van der Waals surface area contributed by atoms with Crippen molar-refractivity contribution in [2.45, 2.75) is 19.8 Å². The summed E-state index contributed by atoms with van der Waals surface area (Å²) < 4.78 is 5.35. The number of pyridine rings is 1. The monoisotopic (exact) mass is 278 g/mol. The number of aromatic nitrogens is 1. The Hall–Kier alpha value is -0.710. The number of hydrogen-bond acceptors (Lipinski definition) is 4. The molecule has 0 radical (unpaired) electrons. The molecule has 96 valence electrons. The number of anilines is 1. The van der Waals surface area contributed by atoms with Gasteiger partial charge in [0.15, 0.2) is 0 Å². The van der Waals surface area contributed by atoms with E-state index in [1.165, 1.54) is 0 Å². The zero-order valence-electron chi connectivity index (χ0n) is 9.67. The minimum Gasteiger partial charge on any atom is -0.476 e. The second-order valence-electron chi connectivity index (χ2n) is 3.46. The molecule has 17 heavy (non-hydrogen) atoms. The van der Waals surface area contributed by atoms with Crippen LogP contribution in [0.1, 0.15) is 19.8 Å². The lowest BCUT2D eigenvalue weighted by Crippen LogP contribution is -2.06. The molecule has 0 saturated carbocycles. The van der Waals surface area contributed by atoms with Crippen LogP contribution in [0.5, 0.6) is 5.88 Å². The Bertz CT molecular complexity index is 362. The number of rotatable bonds is 7. The molecule has 0 bridgehead atoms. The first-order valence-electron chi connectivity index (χ1n) is 5.52. The SMILES string of the molecule is CCCNc1nc(OCCCO)c(Cl)cc1Cl. The highest BCUT2D eigenvalue weighted by Crippen LogP contribution is 2.30. The van der Waals surface area contributed by atoms with Crippen LogP contribution in [0.15, 0.2) is 6.07 Å². The molecule has 1 heterocycles. The summed E-state index contributed by atoms with van der Waals surface area (Å²) in [5, 5.41) is 12.6. The fourth-order valence-corrected chi connectivity index (χ4v) is 1.63. The smallest absolute Gasteiger partial charge is 0.234 e. The van der Waals surface area contributed by atoms with Gasteiger partial charge in [0.25, 0.3) is 0 Å². The predicted molar refractivity (Wildman–Crippen MR) is 70.2 cm³/mol. The third kappa shape index (κ3) is 4.58.